The van der Waals surface area contributed by atoms with Crippen LogP contribution < -0.4 is 5.32 Å². The maximum atomic E-state index is 13.3. The molecule has 1 aliphatic heterocycles. The molecule has 2 unspecified atom stereocenters. The third kappa shape index (κ3) is 3.29. The molecule has 0 saturated carbocycles. The Kier molecular flexibility index (Phi) is 4.11. The molecule has 0 radical (unpaired) electrons. The number of benzene rings is 1. The zero-order chi connectivity index (χ0) is 13.8. The van der Waals surface area contributed by atoms with Crippen molar-refractivity contribution in [1.82, 2.24) is 5.32 Å². The van der Waals surface area contributed by atoms with Gasteiger partial charge >= 0.3 is 5.97 Å². The summed E-state index contributed by atoms with van der Waals surface area (Å²) in [6.07, 6.45) is -1.02. The number of ether oxygens (including phenoxy) is 1. The van der Waals surface area contributed by atoms with Crippen LogP contribution in [0.25, 0.3) is 0 Å². The number of amides is 1. The summed E-state index contributed by atoms with van der Waals surface area (Å²) in [6, 6.07) is 6.13. The van der Waals surface area contributed by atoms with Gasteiger partial charge in [-0.2, -0.15) is 0 Å². The van der Waals surface area contributed by atoms with Crippen molar-refractivity contribution in [3.05, 3.63) is 35.6 Å². The summed E-state index contributed by atoms with van der Waals surface area (Å²) in [7, 11) is 0. The van der Waals surface area contributed by atoms with Crippen LogP contribution in [0.1, 0.15) is 18.4 Å². The van der Waals surface area contributed by atoms with Gasteiger partial charge in [0.1, 0.15) is 11.9 Å². The van der Waals surface area contributed by atoms with Gasteiger partial charge < -0.3 is 15.2 Å². The van der Waals surface area contributed by atoms with Crippen molar-refractivity contribution in [2.75, 3.05) is 0 Å². The second-order valence-electron chi connectivity index (χ2n) is 4.34. The van der Waals surface area contributed by atoms with E-state index >= 15 is 0 Å². The molecule has 102 valence electrons. The van der Waals surface area contributed by atoms with Crippen molar-refractivity contribution in [2.45, 2.75) is 31.6 Å². The minimum absolute atomic E-state index is 0.0586. The van der Waals surface area contributed by atoms with Gasteiger partial charge in [-0.1, -0.05) is 18.2 Å². The molecule has 1 heterocycles. The summed E-state index contributed by atoms with van der Waals surface area (Å²) in [6.45, 7) is 0.0586. The predicted molar refractivity (Wildman–Crippen MR) is 63.8 cm³/mol. The van der Waals surface area contributed by atoms with Gasteiger partial charge in [-0.15, -0.1) is 0 Å². The summed E-state index contributed by atoms with van der Waals surface area (Å²) in [4.78, 5) is 22.4. The summed E-state index contributed by atoms with van der Waals surface area (Å²) < 4.78 is 18.4. The highest BCUT2D eigenvalue weighted by atomic mass is 19.1. The average molecular weight is 267 g/mol. The van der Waals surface area contributed by atoms with E-state index in [-0.39, 0.29) is 6.54 Å². The first-order valence-corrected chi connectivity index (χ1v) is 5.97. The molecule has 2 rings (SSSR count). The van der Waals surface area contributed by atoms with Crippen LogP contribution in [0.4, 0.5) is 4.39 Å². The number of carboxylic acid groups (broad SMARTS) is 1. The van der Waals surface area contributed by atoms with Gasteiger partial charge in [0.05, 0.1) is 0 Å². The summed E-state index contributed by atoms with van der Waals surface area (Å²) in [5.74, 6) is -1.87. The number of carbonyl (C=O) groups is 2. The van der Waals surface area contributed by atoms with Crippen molar-refractivity contribution in [1.29, 1.82) is 0 Å². The molecule has 0 aliphatic carbocycles. The van der Waals surface area contributed by atoms with E-state index in [1.54, 1.807) is 18.2 Å². The van der Waals surface area contributed by atoms with Crippen LogP contribution in [0.2, 0.25) is 0 Å². The van der Waals surface area contributed by atoms with E-state index in [2.05, 4.69) is 5.32 Å². The SMILES string of the molecule is O=C(O)C1CCC(C(=O)NCc2ccccc2F)O1. The number of aliphatic carboxylic acids is 1. The van der Waals surface area contributed by atoms with Crippen LogP contribution in [0.5, 0.6) is 0 Å². The molecule has 1 amide bonds. The molecule has 19 heavy (non-hydrogen) atoms. The lowest BCUT2D eigenvalue weighted by Gasteiger charge is -2.12. The standard InChI is InChI=1S/C13H14FNO4/c14-9-4-2-1-3-8(9)7-15-12(16)10-5-6-11(19-10)13(17)18/h1-4,10-11H,5-7H2,(H,15,16)(H,17,18). The highest BCUT2D eigenvalue weighted by Gasteiger charge is 2.34. The molecule has 1 aromatic rings. The third-order valence-corrected chi connectivity index (χ3v) is 3.00. The maximum absolute atomic E-state index is 13.3. The lowest BCUT2D eigenvalue weighted by molar-refractivity contribution is -0.151. The number of nitrogens with one attached hydrogen (secondary N) is 1. The third-order valence-electron chi connectivity index (χ3n) is 3.00. The van der Waals surface area contributed by atoms with Crippen molar-refractivity contribution < 1.29 is 23.8 Å². The molecule has 0 bridgehead atoms. The Morgan fingerprint density at radius 3 is 2.63 bits per heavy atom. The second kappa shape index (κ2) is 5.79. The van der Waals surface area contributed by atoms with Crippen molar-refractivity contribution in [3.63, 3.8) is 0 Å². The van der Waals surface area contributed by atoms with Crippen LogP contribution in [0.3, 0.4) is 0 Å². The Hall–Kier alpha value is -1.95. The first-order chi connectivity index (χ1) is 9.08. The predicted octanol–water partition coefficient (Wildman–Crippen LogP) is 1.07. The molecule has 1 saturated heterocycles. The summed E-state index contributed by atoms with van der Waals surface area (Å²) >= 11 is 0. The molecule has 2 atom stereocenters. The molecular formula is C13H14FNO4. The molecule has 2 N–H and O–H groups in total. The van der Waals surface area contributed by atoms with E-state index in [0.717, 1.165) is 0 Å². The van der Waals surface area contributed by atoms with Crippen molar-refractivity contribution in [2.24, 2.45) is 0 Å². The van der Waals surface area contributed by atoms with Gasteiger partial charge in [0, 0.05) is 12.1 Å². The number of halogens is 1. The van der Waals surface area contributed by atoms with E-state index in [0.29, 0.717) is 18.4 Å². The molecular weight excluding hydrogens is 253 g/mol. The minimum Gasteiger partial charge on any atom is -0.479 e. The lowest BCUT2D eigenvalue weighted by atomic mass is 10.1. The number of carboxylic acids is 1. The normalized spacial score (nSPS) is 22.2. The Labute approximate surface area is 109 Å². The Morgan fingerprint density at radius 2 is 2.00 bits per heavy atom. The first-order valence-electron chi connectivity index (χ1n) is 5.97. The highest BCUT2D eigenvalue weighted by molar-refractivity contribution is 5.82. The molecule has 1 aliphatic rings. The van der Waals surface area contributed by atoms with Crippen LogP contribution in [0, 0.1) is 5.82 Å². The van der Waals surface area contributed by atoms with E-state index in [9.17, 15) is 14.0 Å². The molecule has 6 heteroatoms. The Bertz CT molecular complexity index is 491. The average Bonchev–Trinajstić information content (AvgIpc) is 2.87. The zero-order valence-corrected chi connectivity index (χ0v) is 10.1. The summed E-state index contributed by atoms with van der Waals surface area (Å²) in [5, 5.41) is 11.3. The topological polar surface area (TPSA) is 75.6 Å². The van der Waals surface area contributed by atoms with Crippen molar-refractivity contribution >= 4 is 11.9 Å². The van der Waals surface area contributed by atoms with Gasteiger partial charge in [-0.25, -0.2) is 9.18 Å². The molecule has 0 spiro atoms. The fourth-order valence-corrected chi connectivity index (χ4v) is 1.95. The molecule has 5 nitrogen and oxygen atoms in total. The maximum Gasteiger partial charge on any atom is 0.332 e. The number of carbonyl (C=O) groups excluding carboxylic acids is 1. The minimum atomic E-state index is -1.07. The van der Waals surface area contributed by atoms with Crippen LogP contribution in [0.15, 0.2) is 24.3 Å². The van der Waals surface area contributed by atoms with Crippen LogP contribution in [-0.2, 0) is 20.9 Å². The van der Waals surface area contributed by atoms with E-state index < -0.39 is 29.9 Å². The number of hydrogen-bond acceptors (Lipinski definition) is 3. The van der Waals surface area contributed by atoms with Crippen LogP contribution in [-0.4, -0.2) is 29.2 Å². The first kappa shape index (κ1) is 13.5. The largest absolute Gasteiger partial charge is 0.479 e. The fourth-order valence-electron chi connectivity index (χ4n) is 1.95. The molecule has 1 aromatic carbocycles. The summed E-state index contributed by atoms with van der Waals surface area (Å²) in [5.41, 5.74) is 0.378. The smallest absolute Gasteiger partial charge is 0.332 e. The Balaban J connectivity index is 1.86. The van der Waals surface area contributed by atoms with Crippen molar-refractivity contribution in [3.8, 4) is 0 Å². The number of hydrogen-bond donors (Lipinski definition) is 2. The fraction of sp³-hybridized carbons (Fsp3) is 0.385. The quantitative estimate of drug-likeness (QED) is 0.855. The van der Waals surface area contributed by atoms with E-state index in [4.69, 9.17) is 9.84 Å². The second-order valence-corrected chi connectivity index (χ2v) is 4.34. The Morgan fingerprint density at radius 1 is 1.32 bits per heavy atom. The van der Waals surface area contributed by atoms with Crippen LogP contribution >= 0.6 is 0 Å². The highest BCUT2D eigenvalue weighted by Crippen LogP contribution is 2.20. The zero-order valence-electron chi connectivity index (χ0n) is 10.1. The van der Waals surface area contributed by atoms with Gasteiger partial charge in [0.25, 0.3) is 0 Å². The van der Waals surface area contributed by atoms with Gasteiger partial charge in [-0.05, 0) is 18.9 Å². The van der Waals surface area contributed by atoms with E-state index in [1.165, 1.54) is 6.07 Å². The van der Waals surface area contributed by atoms with Gasteiger partial charge in [0.2, 0.25) is 5.91 Å². The molecule has 0 aromatic heterocycles. The monoisotopic (exact) mass is 267 g/mol. The number of rotatable bonds is 4. The van der Waals surface area contributed by atoms with Gasteiger partial charge in [0.15, 0.2) is 6.10 Å². The van der Waals surface area contributed by atoms with Gasteiger partial charge in [-0.3, -0.25) is 4.79 Å². The molecule has 1 fully saturated rings. The lowest BCUT2D eigenvalue weighted by Crippen LogP contribution is -2.35. The van der Waals surface area contributed by atoms with E-state index in [1.807, 2.05) is 0 Å².